The highest BCUT2D eigenvalue weighted by Gasteiger charge is 2.25. The Labute approximate surface area is 231 Å². The van der Waals surface area contributed by atoms with Gasteiger partial charge in [0.25, 0.3) is 11.5 Å². The zero-order valence-corrected chi connectivity index (χ0v) is 22.2. The van der Waals surface area contributed by atoms with Gasteiger partial charge in [-0.1, -0.05) is 30.3 Å². The quantitative estimate of drug-likeness (QED) is 0.401. The Morgan fingerprint density at radius 3 is 2.35 bits per heavy atom. The van der Waals surface area contributed by atoms with Gasteiger partial charge in [0.15, 0.2) is 5.65 Å². The molecule has 1 saturated heterocycles. The number of carbonyl (C=O) groups is 2. The van der Waals surface area contributed by atoms with Crippen molar-refractivity contribution in [2.24, 2.45) is 0 Å². The molecule has 1 N–H and O–H groups in total. The summed E-state index contributed by atoms with van der Waals surface area (Å²) in [6.45, 7) is 4.14. The SMILES string of the molecule is Cc1nc(N2CCN(C(=O)OCc3ccccc3)CC2)nc2c1ccc(=O)n2-c1ccc(C(=O)NC2CC2)cc1. The second kappa shape index (κ2) is 10.8. The summed E-state index contributed by atoms with van der Waals surface area (Å²) in [5, 5.41) is 3.75. The lowest BCUT2D eigenvalue weighted by Crippen LogP contribution is -2.49. The summed E-state index contributed by atoms with van der Waals surface area (Å²) in [6, 6.07) is 20.1. The molecule has 2 aromatic carbocycles. The highest BCUT2D eigenvalue weighted by atomic mass is 16.6. The van der Waals surface area contributed by atoms with Crippen LogP contribution in [0.2, 0.25) is 0 Å². The lowest BCUT2D eigenvalue weighted by molar-refractivity contribution is 0.0937. The van der Waals surface area contributed by atoms with Crippen LogP contribution in [0.15, 0.2) is 71.5 Å². The van der Waals surface area contributed by atoms with Gasteiger partial charge >= 0.3 is 6.09 Å². The molecule has 2 aromatic heterocycles. The molecule has 0 atom stereocenters. The highest BCUT2D eigenvalue weighted by molar-refractivity contribution is 5.94. The Bertz CT molecular complexity index is 1610. The number of fused-ring (bicyclic) bond motifs is 1. The van der Waals surface area contributed by atoms with E-state index in [4.69, 9.17) is 14.7 Å². The number of aromatic nitrogens is 3. The summed E-state index contributed by atoms with van der Waals surface area (Å²) in [4.78, 5) is 51.3. The van der Waals surface area contributed by atoms with Crippen molar-refractivity contribution >= 4 is 29.0 Å². The van der Waals surface area contributed by atoms with Crippen LogP contribution < -0.4 is 15.8 Å². The number of nitrogens with zero attached hydrogens (tertiary/aromatic N) is 5. The summed E-state index contributed by atoms with van der Waals surface area (Å²) < 4.78 is 7.03. The summed E-state index contributed by atoms with van der Waals surface area (Å²) in [5.41, 5.74) is 3.13. The first-order valence-corrected chi connectivity index (χ1v) is 13.5. The van der Waals surface area contributed by atoms with Crippen molar-refractivity contribution in [2.75, 3.05) is 31.1 Å². The number of carbonyl (C=O) groups excluding carboxylic acids is 2. The third kappa shape index (κ3) is 5.38. The fourth-order valence-corrected chi connectivity index (χ4v) is 4.80. The van der Waals surface area contributed by atoms with Gasteiger partial charge in [0.1, 0.15) is 6.61 Å². The molecule has 10 heteroatoms. The maximum absolute atomic E-state index is 13.0. The van der Waals surface area contributed by atoms with Crippen LogP contribution in [0.3, 0.4) is 0 Å². The molecule has 2 fully saturated rings. The van der Waals surface area contributed by atoms with E-state index in [1.807, 2.05) is 42.2 Å². The average Bonchev–Trinajstić information content (AvgIpc) is 3.80. The number of amides is 2. The number of hydrogen-bond acceptors (Lipinski definition) is 7. The van der Waals surface area contributed by atoms with E-state index < -0.39 is 0 Å². The van der Waals surface area contributed by atoms with Gasteiger partial charge in [-0.3, -0.25) is 14.2 Å². The minimum Gasteiger partial charge on any atom is -0.445 e. The minimum absolute atomic E-state index is 0.108. The smallest absolute Gasteiger partial charge is 0.410 e. The van der Waals surface area contributed by atoms with E-state index in [-0.39, 0.29) is 30.2 Å². The van der Waals surface area contributed by atoms with Crippen LogP contribution in [0.5, 0.6) is 0 Å². The van der Waals surface area contributed by atoms with E-state index in [1.165, 1.54) is 6.07 Å². The van der Waals surface area contributed by atoms with Gasteiger partial charge in [-0.25, -0.2) is 9.78 Å². The van der Waals surface area contributed by atoms with E-state index in [2.05, 4.69) is 5.32 Å². The monoisotopic (exact) mass is 538 g/mol. The van der Waals surface area contributed by atoms with Crippen molar-refractivity contribution in [3.8, 4) is 5.69 Å². The first kappa shape index (κ1) is 25.5. The van der Waals surface area contributed by atoms with Crippen molar-refractivity contribution < 1.29 is 14.3 Å². The lowest BCUT2D eigenvalue weighted by atomic mass is 10.1. The zero-order valence-electron chi connectivity index (χ0n) is 22.2. The van der Waals surface area contributed by atoms with Gasteiger partial charge in [-0.2, -0.15) is 4.98 Å². The maximum Gasteiger partial charge on any atom is 0.410 e. The number of nitrogens with one attached hydrogen (secondary N) is 1. The summed E-state index contributed by atoms with van der Waals surface area (Å²) >= 11 is 0. The van der Waals surface area contributed by atoms with Gasteiger partial charge in [-0.15, -0.1) is 0 Å². The van der Waals surface area contributed by atoms with Crippen LogP contribution >= 0.6 is 0 Å². The average molecular weight is 539 g/mol. The lowest BCUT2D eigenvalue weighted by Gasteiger charge is -2.34. The van der Waals surface area contributed by atoms with Gasteiger partial charge < -0.3 is 19.9 Å². The minimum atomic E-state index is -0.345. The standard InChI is InChI=1S/C30H30N6O4/c1-20-25-13-14-26(37)36(24-11-7-22(8-12-24)28(38)32-23-9-10-23)27(25)33-29(31-20)34-15-17-35(18-16-34)30(39)40-19-21-5-3-2-4-6-21/h2-8,11-14,23H,9-10,15-19H2,1H3,(H,32,38). The number of ether oxygens (including phenoxy) is 1. The maximum atomic E-state index is 13.0. The van der Waals surface area contributed by atoms with E-state index in [9.17, 15) is 14.4 Å². The molecule has 6 rings (SSSR count). The molecule has 4 aromatic rings. The van der Waals surface area contributed by atoms with E-state index in [1.54, 1.807) is 39.8 Å². The number of pyridine rings is 1. The molecule has 3 heterocycles. The predicted octanol–water partition coefficient (Wildman–Crippen LogP) is 3.44. The van der Waals surface area contributed by atoms with Gasteiger partial charge in [-0.05, 0) is 55.7 Å². The molecule has 1 aliphatic heterocycles. The van der Waals surface area contributed by atoms with E-state index >= 15 is 0 Å². The van der Waals surface area contributed by atoms with Gasteiger partial charge in [0.2, 0.25) is 5.95 Å². The van der Waals surface area contributed by atoms with Crippen molar-refractivity contribution in [3.63, 3.8) is 0 Å². The Kier molecular flexibility index (Phi) is 6.90. The van der Waals surface area contributed by atoms with Crippen LogP contribution in [0.4, 0.5) is 10.7 Å². The van der Waals surface area contributed by atoms with E-state index in [0.29, 0.717) is 49.0 Å². The predicted molar refractivity (Wildman–Crippen MR) is 151 cm³/mol. The van der Waals surface area contributed by atoms with Crippen molar-refractivity contribution in [2.45, 2.75) is 32.4 Å². The van der Waals surface area contributed by atoms with E-state index in [0.717, 1.165) is 29.5 Å². The topological polar surface area (TPSA) is 110 Å². The number of rotatable bonds is 6. The molecule has 0 bridgehead atoms. The Morgan fingerprint density at radius 1 is 0.925 bits per heavy atom. The molecule has 0 radical (unpaired) electrons. The van der Waals surface area contributed by atoms with Crippen molar-refractivity contribution in [1.29, 1.82) is 0 Å². The number of piperazine rings is 1. The third-order valence-electron chi connectivity index (χ3n) is 7.26. The van der Waals surface area contributed by atoms with Crippen LogP contribution in [0.1, 0.15) is 34.5 Å². The Morgan fingerprint density at radius 2 is 1.65 bits per heavy atom. The molecular weight excluding hydrogens is 508 g/mol. The molecule has 0 spiro atoms. The molecular formula is C30H30N6O4. The fourth-order valence-electron chi connectivity index (χ4n) is 4.80. The summed E-state index contributed by atoms with van der Waals surface area (Å²) in [6.07, 6.45) is 1.69. The normalized spacial score (nSPS) is 15.2. The van der Waals surface area contributed by atoms with Crippen molar-refractivity contribution in [3.05, 3.63) is 93.9 Å². The third-order valence-corrected chi connectivity index (χ3v) is 7.26. The van der Waals surface area contributed by atoms with Crippen LogP contribution in [-0.2, 0) is 11.3 Å². The first-order valence-electron chi connectivity index (χ1n) is 13.5. The van der Waals surface area contributed by atoms with Crippen molar-refractivity contribution in [1.82, 2.24) is 24.8 Å². The molecule has 40 heavy (non-hydrogen) atoms. The largest absolute Gasteiger partial charge is 0.445 e. The molecule has 2 aliphatic rings. The second-order valence-corrected chi connectivity index (χ2v) is 10.2. The summed E-state index contributed by atoms with van der Waals surface area (Å²) in [7, 11) is 0. The van der Waals surface area contributed by atoms with Crippen LogP contribution in [-0.4, -0.2) is 63.7 Å². The molecule has 0 unspecified atom stereocenters. The molecule has 2 amide bonds. The Balaban J connectivity index is 1.20. The van der Waals surface area contributed by atoms with Crippen LogP contribution in [0.25, 0.3) is 16.7 Å². The van der Waals surface area contributed by atoms with Gasteiger partial charge in [0.05, 0.1) is 11.4 Å². The van der Waals surface area contributed by atoms with Gasteiger partial charge in [0, 0.05) is 49.2 Å². The number of hydrogen-bond donors (Lipinski definition) is 1. The number of anilines is 1. The zero-order chi connectivity index (χ0) is 27.6. The number of benzene rings is 2. The highest BCUT2D eigenvalue weighted by Crippen LogP contribution is 2.23. The fraction of sp³-hybridized carbons (Fsp3) is 0.300. The van der Waals surface area contributed by atoms with Crippen LogP contribution in [0, 0.1) is 6.92 Å². The number of aryl methyl sites for hydroxylation is 1. The first-order chi connectivity index (χ1) is 19.5. The molecule has 1 aliphatic carbocycles. The second-order valence-electron chi connectivity index (χ2n) is 10.2. The molecule has 1 saturated carbocycles. The summed E-state index contributed by atoms with van der Waals surface area (Å²) in [5.74, 6) is 0.393. The molecule has 204 valence electrons. The molecule has 10 nitrogen and oxygen atoms in total. The Hall–Kier alpha value is -4.73.